The normalized spacial score (nSPS) is 11.2. The summed E-state index contributed by atoms with van der Waals surface area (Å²) < 4.78 is 32.7. The van der Waals surface area contributed by atoms with Crippen LogP contribution < -0.4 is 4.31 Å². The molecule has 1 heterocycles. The summed E-state index contributed by atoms with van der Waals surface area (Å²) in [5, 5.41) is 0. The number of carbonyl (C=O) groups is 1. The molecule has 0 saturated carbocycles. The summed E-state index contributed by atoms with van der Waals surface area (Å²) >= 11 is 0. The molecule has 0 N–H and O–H groups in total. The van der Waals surface area contributed by atoms with Gasteiger partial charge < -0.3 is 9.32 Å². The fourth-order valence-corrected chi connectivity index (χ4v) is 4.68. The van der Waals surface area contributed by atoms with Crippen molar-refractivity contribution in [3.05, 3.63) is 120 Å². The highest BCUT2D eigenvalue weighted by Crippen LogP contribution is 2.23. The lowest BCUT2D eigenvalue weighted by molar-refractivity contribution is 0.0717. The van der Waals surface area contributed by atoms with E-state index in [1.807, 2.05) is 42.5 Å². The Bertz CT molecular complexity index is 1290. The highest BCUT2D eigenvalue weighted by atomic mass is 32.2. The van der Waals surface area contributed by atoms with E-state index in [1.165, 1.54) is 23.5 Å². The molecule has 1 aromatic heterocycles. The van der Waals surface area contributed by atoms with Crippen LogP contribution in [0.25, 0.3) is 0 Å². The second-order valence-corrected chi connectivity index (χ2v) is 9.53. The number of hydrogen-bond acceptors (Lipinski definition) is 4. The number of nitrogens with zero attached hydrogens (tertiary/aromatic N) is 2. The zero-order chi connectivity index (χ0) is 23.3. The Morgan fingerprint density at radius 3 is 2.03 bits per heavy atom. The Balaban J connectivity index is 1.57. The fourth-order valence-electron chi connectivity index (χ4n) is 3.48. The third-order valence-corrected chi connectivity index (χ3v) is 7.11. The van der Waals surface area contributed by atoms with Gasteiger partial charge in [-0.05, 0) is 54.1 Å². The molecule has 0 unspecified atom stereocenters. The minimum absolute atomic E-state index is 0.117. The maximum atomic E-state index is 13.3. The van der Waals surface area contributed by atoms with Crippen LogP contribution in [0, 0.1) is 0 Å². The van der Waals surface area contributed by atoms with Crippen molar-refractivity contribution in [2.24, 2.45) is 0 Å². The van der Waals surface area contributed by atoms with Gasteiger partial charge >= 0.3 is 0 Å². The second kappa shape index (κ2) is 9.75. The van der Waals surface area contributed by atoms with E-state index < -0.39 is 10.0 Å². The summed E-state index contributed by atoms with van der Waals surface area (Å²) in [4.78, 5) is 15.1. The van der Waals surface area contributed by atoms with E-state index in [-0.39, 0.29) is 10.8 Å². The Labute approximate surface area is 193 Å². The van der Waals surface area contributed by atoms with Crippen LogP contribution in [0.15, 0.2) is 113 Å². The molecular formula is C26H24N2O4S. The van der Waals surface area contributed by atoms with Crippen LogP contribution in [0.3, 0.4) is 0 Å². The molecule has 0 spiro atoms. The summed E-state index contributed by atoms with van der Waals surface area (Å²) in [6, 6.07) is 28.2. The molecule has 3 aromatic carbocycles. The van der Waals surface area contributed by atoms with E-state index in [0.717, 1.165) is 5.56 Å². The van der Waals surface area contributed by atoms with Crippen molar-refractivity contribution in [2.45, 2.75) is 18.0 Å². The molecular weight excluding hydrogens is 436 g/mol. The number of para-hydroxylation sites is 1. The summed E-state index contributed by atoms with van der Waals surface area (Å²) in [5.74, 6) is 0.457. The largest absolute Gasteiger partial charge is 0.467 e. The molecule has 1 amide bonds. The average molecular weight is 461 g/mol. The molecule has 168 valence electrons. The third kappa shape index (κ3) is 5.15. The van der Waals surface area contributed by atoms with Crippen molar-refractivity contribution >= 4 is 21.6 Å². The van der Waals surface area contributed by atoms with Crippen LogP contribution in [-0.2, 0) is 23.1 Å². The molecule has 0 aliphatic carbocycles. The maximum Gasteiger partial charge on any atom is 0.264 e. The molecule has 0 aliphatic heterocycles. The Kier molecular flexibility index (Phi) is 6.60. The monoisotopic (exact) mass is 460 g/mol. The average Bonchev–Trinajstić information content (AvgIpc) is 3.37. The van der Waals surface area contributed by atoms with E-state index in [0.29, 0.717) is 30.1 Å². The summed E-state index contributed by atoms with van der Waals surface area (Å²) in [7, 11) is -2.24. The molecule has 4 rings (SSSR count). The van der Waals surface area contributed by atoms with Crippen LogP contribution >= 0.6 is 0 Å². The second-order valence-electron chi connectivity index (χ2n) is 7.56. The Morgan fingerprint density at radius 2 is 1.42 bits per heavy atom. The van der Waals surface area contributed by atoms with Crippen molar-refractivity contribution in [1.29, 1.82) is 0 Å². The number of amides is 1. The van der Waals surface area contributed by atoms with Crippen molar-refractivity contribution in [3.8, 4) is 0 Å². The standard InChI is InChI=1S/C26H24N2O4S/c1-27(23-11-6-3-7-12-23)33(30,31)25-16-14-22(15-17-25)26(29)28(20-24-13-8-18-32-24)19-21-9-4-2-5-10-21/h2-18H,19-20H2,1H3. The lowest BCUT2D eigenvalue weighted by Crippen LogP contribution is -2.30. The first-order valence-corrected chi connectivity index (χ1v) is 11.9. The van der Waals surface area contributed by atoms with Crippen molar-refractivity contribution in [2.75, 3.05) is 11.4 Å². The highest BCUT2D eigenvalue weighted by molar-refractivity contribution is 7.92. The molecule has 7 heteroatoms. The van der Waals surface area contributed by atoms with Gasteiger partial charge in [-0.1, -0.05) is 48.5 Å². The van der Waals surface area contributed by atoms with Crippen molar-refractivity contribution in [3.63, 3.8) is 0 Å². The fraction of sp³-hybridized carbons (Fsp3) is 0.115. The highest BCUT2D eigenvalue weighted by Gasteiger charge is 2.23. The predicted octanol–water partition coefficient (Wildman–Crippen LogP) is 4.95. The smallest absolute Gasteiger partial charge is 0.264 e. The molecule has 0 fully saturated rings. The summed E-state index contributed by atoms with van der Waals surface area (Å²) in [6.45, 7) is 0.703. The predicted molar refractivity (Wildman–Crippen MR) is 127 cm³/mol. The van der Waals surface area contributed by atoms with Gasteiger partial charge in [-0.2, -0.15) is 0 Å². The Hall–Kier alpha value is -3.84. The number of carbonyl (C=O) groups excluding carboxylic acids is 1. The molecule has 0 bridgehead atoms. The van der Waals surface area contributed by atoms with Crippen LogP contribution in [0.1, 0.15) is 21.7 Å². The van der Waals surface area contributed by atoms with E-state index in [1.54, 1.807) is 53.6 Å². The Morgan fingerprint density at radius 1 is 0.788 bits per heavy atom. The summed E-state index contributed by atoms with van der Waals surface area (Å²) in [5.41, 5.74) is 1.95. The van der Waals surface area contributed by atoms with Gasteiger partial charge in [0.15, 0.2) is 0 Å². The van der Waals surface area contributed by atoms with Gasteiger partial charge in [0.2, 0.25) is 0 Å². The van der Waals surface area contributed by atoms with E-state index in [4.69, 9.17) is 4.42 Å². The molecule has 0 saturated heterocycles. The van der Waals surface area contributed by atoms with Crippen LogP contribution in [0.2, 0.25) is 0 Å². The topological polar surface area (TPSA) is 70.8 Å². The molecule has 6 nitrogen and oxygen atoms in total. The molecule has 33 heavy (non-hydrogen) atoms. The van der Waals surface area contributed by atoms with Crippen LogP contribution in [0.5, 0.6) is 0 Å². The van der Waals surface area contributed by atoms with Crippen molar-refractivity contribution in [1.82, 2.24) is 4.90 Å². The van der Waals surface area contributed by atoms with Gasteiger partial charge in [-0.3, -0.25) is 9.10 Å². The zero-order valence-electron chi connectivity index (χ0n) is 18.2. The first-order chi connectivity index (χ1) is 15.9. The van der Waals surface area contributed by atoms with Gasteiger partial charge in [0.25, 0.3) is 15.9 Å². The number of benzene rings is 3. The number of rotatable bonds is 8. The SMILES string of the molecule is CN(c1ccccc1)S(=O)(=O)c1ccc(C(=O)N(Cc2ccccc2)Cc2ccco2)cc1. The molecule has 0 atom stereocenters. The zero-order valence-corrected chi connectivity index (χ0v) is 19.0. The van der Waals surface area contributed by atoms with Gasteiger partial charge in [0, 0.05) is 19.2 Å². The minimum Gasteiger partial charge on any atom is -0.467 e. The van der Waals surface area contributed by atoms with Gasteiger partial charge in [-0.25, -0.2) is 8.42 Å². The number of anilines is 1. The number of hydrogen-bond donors (Lipinski definition) is 0. The van der Waals surface area contributed by atoms with E-state index in [2.05, 4.69) is 0 Å². The van der Waals surface area contributed by atoms with Crippen LogP contribution in [-0.4, -0.2) is 26.3 Å². The molecule has 0 aliphatic rings. The summed E-state index contributed by atoms with van der Waals surface area (Å²) in [6.07, 6.45) is 1.57. The minimum atomic E-state index is -3.75. The van der Waals surface area contributed by atoms with Gasteiger partial charge in [-0.15, -0.1) is 0 Å². The number of furan rings is 1. The lowest BCUT2D eigenvalue weighted by Gasteiger charge is -2.23. The van der Waals surface area contributed by atoms with Crippen molar-refractivity contribution < 1.29 is 17.6 Å². The maximum absolute atomic E-state index is 13.3. The third-order valence-electron chi connectivity index (χ3n) is 5.31. The molecule has 0 radical (unpaired) electrons. The van der Waals surface area contributed by atoms with Crippen LogP contribution in [0.4, 0.5) is 5.69 Å². The first-order valence-electron chi connectivity index (χ1n) is 10.4. The van der Waals surface area contributed by atoms with E-state index >= 15 is 0 Å². The van der Waals surface area contributed by atoms with E-state index in [9.17, 15) is 13.2 Å². The molecule has 4 aromatic rings. The quantitative estimate of drug-likeness (QED) is 0.373. The number of sulfonamides is 1. The van der Waals surface area contributed by atoms with Gasteiger partial charge in [0.05, 0.1) is 23.4 Å². The lowest BCUT2D eigenvalue weighted by atomic mass is 10.1. The first kappa shape index (κ1) is 22.4. The van der Waals surface area contributed by atoms with Gasteiger partial charge in [0.1, 0.15) is 5.76 Å².